The van der Waals surface area contributed by atoms with Gasteiger partial charge in [-0.2, -0.15) is 0 Å². The quantitative estimate of drug-likeness (QED) is 0.697. The first kappa shape index (κ1) is 18.4. The van der Waals surface area contributed by atoms with Crippen molar-refractivity contribution in [1.29, 1.82) is 0 Å². The molecule has 144 valence electrons. The largest absolute Gasteiger partial charge is 0.356 e. The lowest BCUT2D eigenvalue weighted by molar-refractivity contribution is 0.0929. The number of hydrogen-bond donors (Lipinski definition) is 2. The molecule has 28 heavy (non-hydrogen) atoms. The maximum absolute atomic E-state index is 12.3. The third-order valence-electron chi connectivity index (χ3n) is 5.71. The summed E-state index contributed by atoms with van der Waals surface area (Å²) in [5, 5.41) is 2.96. The van der Waals surface area contributed by atoms with Crippen LogP contribution in [-0.4, -0.2) is 27.4 Å². The van der Waals surface area contributed by atoms with Crippen LogP contribution in [0.2, 0.25) is 0 Å². The molecule has 0 saturated heterocycles. The number of rotatable bonds is 4. The highest BCUT2D eigenvalue weighted by Crippen LogP contribution is 2.32. The van der Waals surface area contributed by atoms with Crippen molar-refractivity contribution in [3.8, 4) is 22.8 Å². The molecule has 5 heteroatoms. The molecule has 1 aliphatic heterocycles. The van der Waals surface area contributed by atoms with E-state index in [4.69, 9.17) is 4.98 Å². The zero-order chi connectivity index (χ0) is 19.9. The van der Waals surface area contributed by atoms with E-state index in [0.29, 0.717) is 23.9 Å². The van der Waals surface area contributed by atoms with Gasteiger partial charge in [0.2, 0.25) is 0 Å². The second-order valence-electron chi connectivity index (χ2n) is 8.24. The molecule has 1 amide bonds. The number of aromatic nitrogens is 3. The highest BCUT2D eigenvalue weighted by Gasteiger charge is 2.34. The highest BCUT2D eigenvalue weighted by atomic mass is 16.1. The molecule has 3 heterocycles. The van der Waals surface area contributed by atoms with E-state index in [2.05, 4.69) is 67.2 Å². The topological polar surface area (TPSA) is 70.7 Å². The number of benzene rings is 1. The maximum atomic E-state index is 12.3. The van der Waals surface area contributed by atoms with Crippen LogP contribution in [-0.2, 0) is 5.41 Å². The van der Waals surface area contributed by atoms with Crippen LogP contribution in [0.4, 0.5) is 0 Å². The Morgan fingerprint density at radius 1 is 1.18 bits per heavy atom. The standard InChI is InChI=1S/C23H26N4O/c1-5-14(2)15-6-8-16(9-7-15)21-24-11-10-18(27-21)19-12-17-20(26-19)23(3,4)13-25-22(17)28/h6-12,14,26H,5,13H2,1-4H3,(H,25,28). The zero-order valence-corrected chi connectivity index (χ0v) is 16.8. The first-order chi connectivity index (χ1) is 13.4. The number of amides is 1. The Bertz CT molecular complexity index is 1020. The van der Waals surface area contributed by atoms with Crippen LogP contribution in [0.3, 0.4) is 0 Å². The molecule has 0 bridgehead atoms. The van der Waals surface area contributed by atoms with Gasteiger partial charge < -0.3 is 10.3 Å². The van der Waals surface area contributed by atoms with E-state index in [1.165, 1.54) is 5.56 Å². The van der Waals surface area contributed by atoms with E-state index < -0.39 is 0 Å². The predicted octanol–water partition coefficient (Wildman–Crippen LogP) is 4.67. The summed E-state index contributed by atoms with van der Waals surface area (Å²) in [5.41, 5.74) is 5.47. The molecule has 0 saturated carbocycles. The van der Waals surface area contributed by atoms with Crippen molar-refractivity contribution in [2.75, 3.05) is 6.54 Å². The van der Waals surface area contributed by atoms with E-state index in [0.717, 1.165) is 29.1 Å². The van der Waals surface area contributed by atoms with E-state index in [1.54, 1.807) is 6.20 Å². The van der Waals surface area contributed by atoms with Gasteiger partial charge in [0.25, 0.3) is 5.91 Å². The fourth-order valence-electron chi connectivity index (χ4n) is 3.63. The van der Waals surface area contributed by atoms with Crippen molar-refractivity contribution in [3.63, 3.8) is 0 Å². The van der Waals surface area contributed by atoms with E-state index in [9.17, 15) is 4.79 Å². The molecule has 3 aromatic rings. The summed E-state index contributed by atoms with van der Waals surface area (Å²) >= 11 is 0. The minimum atomic E-state index is -0.136. The fourth-order valence-corrected chi connectivity index (χ4v) is 3.63. The summed E-state index contributed by atoms with van der Waals surface area (Å²) < 4.78 is 0. The minimum Gasteiger partial charge on any atom is -0.356 e. The normalized spacial score (nSPS) is 16.4. The molecule has 0 aliphatic carbocycles. The average molecular weight is 374 g/mol. The Morgan fingerprint density at radius 2 is 1.93 bits per heavy atom. The summed E-state index contributed by atoms with van der Waals surface area (Å²) in [6.45, 7) is 9.29. The zero-order valence-electron chi connectivity index (χ0n) is 16.8. The summed E-state index contributed by atoms with van der Waals surface area (Å²) in [6, 6.07) is 12.2. The number of nitrogens with one attached hydrogen (secondary N) is 2. The van der Waals surface area contributed by atoms with Crippen molar-refractivity contribution < 1.29 is 4.79 Å². The van der Waals surface area contributed by atoms with Crippen LogP contribution in [0.25, 0.3) is 22.8 Å². The molecule has 2 N–H and O–H groups in total. The molecule has 0 radical (unpaired) electrons. The summed E-state index contributed by atoms with van der Waals surface area (Å²) in [4.78, 5) is 24.9. The molecule has 1 aliphatic rings. The van der Waals surface area contributed by atoms with Crippen molar-refractivity contribution in [3.05, 3.63) is 59.4 Å². The SMILES string of the molecule is CCC(C)c1ccc(-c2nccc(-c3cc4c([nH]3)C(C)(C)CNC4=O)n2)cc1. The molecule has 1 atom stereocenters. The van der Waals surface area contributed by atoms with Crippen molar-refractivity contribution in [1.82, 2.24) is 20.3 Å². The van der Waals surface area contributed by atoms with Gasteiger partial charge >= 0.3 is 0 Å². The van der Waals surface area contributed by atoms with Crippen molar-refractivity contribution in [2.24, 2.45) is 0 Å². The molecule has 4 rings (SSSR count). The minimum absolute atomic E-state index is 0.0354. The van der Waals surface area contributed by atoms with Gasteiger partial charge in [-0.1, -0.05) is 52.0 Å². The lowest BCUT2D eigenvalue weighted by Crippen LogP contribution is -2.43. The van der Waals surface area contributed by atoms with Gasteiger partial charge in [-0.15, -0.1) is 0 Å². The first-order valence-corrected chi connectivity index (χ1v) is 9.84. The molecule has 5 nitrogen and oxygen atoms in total. The first-order valence-electron chi connectivity index (χ1n) is 9.84. The third-order valence-corrected chi connectivity index (χ3v) is 5.71. The van der Waals surface area contributed by atoms with Crippen LogP contribution < -0.4 is 5.32 Å². The summed E-state index contributed by atoms with van der Waals surface area (Å²) in [6.07, 6.45) is 2.89. The summed E-state index contributed by atoms with van der Waals surface area (Å²) in [5.74, 6) is 1.19. The third kappa shape index (κ3) is 3.21. The van der Waals surface area contributed by atoms with Crippen molar-refractivity contribution >= 4 is 5.91 Å². The molecule has 1 aromatic carbocycles. The van der Waals surface area contributed by atoms with E-state index >= 15 is 0 Å². The van der Waals surface area contributed by atoms with Crippen LogP contribution in [0.5, 0.6) is 0 Å². The van der Waals surface area contributed by atoms with Crippen LogP contribution >= 0.6 is 0 Å². The number of nitrogens with zero attached hydrogens (tertiary/aromatic N) is 2. The van der Waals surface area contributed by atoms with Crippen LogP contribution in [0, 0.1) is 0 Å². The lowest BCUT2D eigenvalue weighted by Gasteiger charge is -2.29. The smallest absolute Gasteiger partial charge is 0.253 e. The number of carbonyl (C=O) groups is 1. The number of carbonyl (C=O) groups excluding carboxylic acids is 1. The lowest BCUT2D eigenvalue weighted by atomic mass is 9.84. The highest BCUT2D eigenvalue weighted by molar-refractivity contribution is 5.98. The Labute approximate surface area is 165 Å². The monoisotopic (exact) mass is 374 g/mol. The second kappa shape index (κ2) is 6.89. The second-order valence-corrected chi connectivity index (χ2v) is 8.24. The van der Waals surface area contributed by atoms with Gasteiger partial charge in [-0.25, -0.2) is 9.97 Å². The summed E-state index contributed by atoms with van der Waals surface area (Å²) in [7, 11) is 0. The van der Waals surface area contributed by atoms with Gasteiger partial charge in [0.15, 0.2) is 5.82 Å². The van der Waals surface area contributed by atoms with Gasteiger partial charge in [0.1, 0.15) is 0 Å². The van der Waals surface area contributed by atoms with Gasteiger partial charge in [-0.05, 0) is 30.0 Å². The predicted molar refractivity (Wildman–Crippen MR) is 111 cm³/mol. The number of H-pyrrole nitrogens is 1. The molecular formula is C23H26N4O. The van der Waals surface area contributed by atoms with Crippen LogP contribution in [0.15, 0.2) is 42.6 Å². The molecule has 0 fully saturated rings. The molecular weight excluding hydrogens is 348 g/mol. The molecule has 1 unspecified atom stereocenters. The fraction of sp³-hybridized carbons (Fsp3) is 0.348. The Balaban J connectivity index is 1.69. The Morgan fingerprint density at radius 3 is 2.61 bits per heavy atom. The number of aromatic amines is 1. The van der Waals surface area contributed by atoms with Gasteiger partial charge in [-0.3, -0.25) is 4.79 Å². The number of hydrogen-bond acceptors (Lipinski definition) is 3. The van der Waals surface area contributed by atoms with Gasteiger partial charge in [0, 0.05) is 29.4 Å². The molecule has 0 spiro atoms. The van der Waals surface area contributed by atoms with Crippen LogP contribution in [0.1, 0.15) is 61.6 Å². The average Bonchev–Trinajstić information content (AvgIpc) is 3.18. The van der Waals surface area contributed by atoms with Gasteiger partial charge in [0.05, 0.1) is 17.0 Å². The van der Waals surface area contributed by atoms with E-state index in [-0.39, 0.29) is 11.3 Å². The Kier molecular flexibility index (Phi) is 4.53. The number of fused-ring (bicyclic) bond motifs is 1. The van der Waals surface area contributed by atoms with Crippen molar-refractivity contribution in [2.45, 2.75) is 45.4 Å². The van der Waals surface area contributed by atoms with E-state index in [1.807, 2.05) is 12.1 Å². The molecule has 2 aromatic heterocycles. The Hall–Kier alpha value is -2.95. The maximum Gasteiger partial charge on any atom is 0.253 e.